The van der Waals surface area contributed by atoms with E-state index in [4.69, 9.17) is 11.6 Å². The van der Waals surface area contributed by atoms with Crippen LogP contribution in [-0.4, -0.2) is 28.6 Å². The molecule has 1 atom stereocenters. The molecule has 2 aromatic carbocycles. The number of carbonyl (C=O) groups is 2. The van der Waals surface area contributed by atoms with E-state index in [-0.39, 0.29) is 18.2 Å². The number of anilines is 2. The van der Waals surface area contributed by atoms with Crippen molar-refractivity contribution in [3.8, 4) is 0 Å². The van der Waals surface area contributed by atoms with Gasteiger partial charge in [-0.05, 0) is 36.8 Å². The summed E-state index contributed by atoms with van der Waals surface area (Å²) in [5.41, 5.74) is 3.01. The summed E-state index contributed by atoms with van der Waals surface area (Å²) in [5.74, 6) is -0.663. The lowest BCUT2D eigenvalue weighted by molar-refractivity contribution is -0.122. The maximum atomic E-state index is 12.6. The quantitative estimate of drug-likeness (QED) is 0.666. The van der Waals surface area contributed by atoms with Crippen LogP contribution in [0.25, 0.3) is 0 Å². The van der Waals surface area contributed by atoms with Crippen LogP contribution in [0.4, 0.5) is 10.8 Å². The summed E-state index contributed by atoms with van der Waals surface area (Å²) in [6.07, 6.45) is 0.809. The standard InChI is InChI=1S/C21H19ClN4O2S/c1-13-2-8-17(9-3-13)26-12-15(11-19(26)27)20(28)23-21-25-24-18(29-21)10-14-4-6-16(22)7-5-14/h2-9,15H,10-12H2,1H3,(H,23,25,28)/t15-/m0/s1. The van der Waals surface area contributed by atoms with Gasteiger partial charge in [0.2, 0.25) is 16.9 Å². The van der Waals surface area contributed by atoms with E-state index in [1.54, 1.807) is 4.90 Å². The van der Waals surface area contributed by atoms with Crippen LogP contribution in [0.3, 0.4) is 0 Å². The van der Waals surface area contributed by atoms with Gasteiger partial charge in [0.1, 0.15) is 5.01 Å². The topological polar surface area (TPSA) is 75.2 Å². The predicted octanol–water partition coefficient (Wildman–Crippen LogP) is 4.08. The van der Waals surface area contributed by atoms with Crippen LogP contribution in [0.1, 0.15) is 22.6 Å². The van der Waals surface area contributed by atoms with E-state index in [1.807, 2.05) is 55.5 Å². The lowest BCUT2D eigenvalue weighted by atomic mass is 10.1. The minimum absolute atomic E-state index is 0.0466. The molecule has 0 bridgehead atoms. The molecule has 29 heavy (non-hydrogen) atoms. The molecule has 4 rings (SSSR count). The van der Waals surface area contributed by atoms with Crippen LogP contribution in [-0.2, 0) is 16.0 Å². The van der Waals surface area contributed by atoms with Gasteiger partial charge in [-0.15, -0.1) is 10.2 Å². The number of hydrogen-bond acceptors (Lipinski definition) is 5. The molecule has 3 aromatic rings. The summed E-state index contributed by atoms with van der Waals surface area (Å²) in [4.78, 5) is 26.7. The Bertz CT molecular complexity index is 1030. The number of rotatable bonds is 5. The second kappa shape index (κ2) is 8.31. The lowest BCUT2D eigenvalue weighted by Gasteiger charge is -2.16. The van der Waals surface area contributed by atoms with Crippen LogP contribution in [0.15, 0.2) is 48.5 Å². The predicted molar refractivity (Wildman–Crippen MR) is 114 cm³/mol. The Kier molecular flexibility index (Phi) is 5.60. The minimum atomic E-state index is -0.410. The molecule has 0 spiro atoms. The summed E-state index contributed by atoms with van der Waals surface area (Å²) in [7, 11) is 0. The van der Waals surface area contributed by atoms with Crippen molar-refractivity contribution in [1.82, 2.24) is 10.2 Å². The van der Waals surface area contributed by atoms with E-state index in [1.165, 1.54) is 11.3 Å². The molecule has 0 saturated carbocycles. The van der Waals surface area contributed by atoms with Crippen LogP contribution in [0.2, 0.25) is 5.02 Å². The van der Waals surface area contributed by atoms with Crippen molar-refractivity contribution in [3.63, 3.8) is 0 Å². The largest absolute Gasteiger partial charge is 0.312 e. The van der Waals surface area contributed by atoms with Gasteiger partial charge in [-0.2, -0.15) is 0 Å². The number of nitrogens with one attached hydrogen (secondary N) is 1. The third-order valence-electron chi connectivity index (χ3n) is 4.81. The highest BCUT2D eigenvalue weighted by Crippen LogP contribution is 2.27. The molecule has 148 valence electrons. The van der Waals surface area contributed by atoms with E-state index in [2.05, 4.69) is 15.5 Å². The highest BCUT2D eigenvalue weighted by atomic mass is 35.5. The molecule has 8 heteroatoms. The Hall–Kier alpha value is -2.77. The SMILES string of the molecule is Cc1ccc(N2C[C@@H](C(=O)Nc3nnc(Cc4ccc(Cl)cc4)s3)CC2=O)cc1. The fraction of sp³-hybridized carbons (Fsp3) is 0.238. The van der Waals surface area contributed by atoms with Crippen molar-refractivity contribution in [2.75, 3.05) is 16.8 Å². The van der Waals surface area contributed by atoms with Gasteiger partial charge < -0.3 is 10.2 Å². The van der Waals surface area contributed by atoms with E-state index in [0.29, 0.717) is 23.1 Å². The molecular weight excluding hydrogens is 408 g/mol. The number of nitrogens with zero attached hydrogens (tertiary/aromatic N) is 3. The fourth-order valence-electron chi connectivity index (χ4n) is 3.22. The summed E-state index contributed by atoms with van der Waals surface area (Å²) in [6.45, 7) is 2.36. The summed E-state index contributed by atoms with van der Waals surface area (Å²) >= 11 is 7.24. The summed E-state index contributed by atoms with van der Waals surface area (Å²) in [6, 6.07) is 15.3. The second-order valence-electron chi connectivity index (χ2n) is 7.03. The highest BCUT2D eigenvalue weighted by molar-refractivity contribution is 7.15. The first-order valence-corrected chi connectivity index (χ1v) is 10.4. The molecule has 6 nitrogen and oxygen atoms in total. The molecule has 1 aliphatic heterocycles. The van der Waals surface area contributed by atoms with Crippen LogP contribution >= 0.6 is 22.9 Å². The second-order valence-corrected chi connectivity index (χ2v) is 8.53. The first-order valence-electron chi connectivity index (χ1n) is 9.22. The maximum Gasteiger partial charge on any atom is 0.231 e. The zero-order valence-electron chi connectivity index (χ0n) is 15.8. The Morgan fingerprint density at radius 3 is 2.62 bits per heavy atom. The number of hydrogen-bond donors (Lipinski definition) is 1. The third-order valence-corrected chi connectivity index (χ3v) is 5.90. The van der Waals surface area contributed by atoms with Crippen molar-refractivity contribution < 1.29 is 9.59 Å². The van der Waals surface area contributed by atoms with Crippen molar-refractivity contribution in [2.45, 2.75) is 19.8 Å². The van der Waals surface area contributed by atoms with Gasteiger partial charge in [-0.3, -0.25) is 9.59 Å². The number of amides is 2. The Balaban J connectivity index is 1.37. The summed E-state index contributed by atoms with van der Waals surface area (Å²) < 4.78 is 0. The number of benzene rings is 2. The summed E-state index contributed by atoms with van der Waals surface area (Å²) in [5, 5.41) is 12.9. The molecule has 2 amide bonds. The normalized spacial score (nSPS) is 16.3. The van der Waals surface area contributed by atoms with Gasteiger partial charge in [0.25, 0.3) is 0 Å². The monoisotopic (exact) mass is 426 g/mol. The van der Waals surface area contributed by atoms with E-state index in [9.17, 15) is 9.59 Å². The van der Waals surface area contributed by atoms with E-state index in [0.717, 1.165) is 21.8 Å². The van der Waals surface area contributed by atoms with Gasteiger partial charge >= 0.3 is 0 Å². The highest BCUT2D eigenvalue weighted by Gasteiger charge is 2.35. The average molecular weight is 427 g/mol. The van der Waals surface area contributed by atoms with Crippen molar-refractivity contribution in [3.05, 3.63) is 69.7 Å². The minimum Gasteiger partial charge on any atom is -0.312 e. The Labute approximate surface area is 177 Å². The first-order chi connectivity index (χ1) is 14.0. The van der Waals surface area contributed by atoms with E-state index < -0.39 is 5.92 Å². The molecule has 2 heterocycles. The van der Waals surface area contributed by atoms with Gasteiger partial charge in [0.15, 0.2) is 0 Å². The number of carbonyl (C=O) groups excluding carboxylic acids is 2. The number of halogens is 1. The zero-order valence-corrected chi connectivity index (χ0v) is 17.3. The van der Waals surface area contributed by atoms with Crippen molar-refractivity contribution in [1.29, 1.82) is 0 Å². The van der Waals surface area contributed by atoms with Gasteiger partial charge in [0, 0.05) is 30.1 Å². The molecule has 0 aliphatic carbocycles. The first kappa shape index (κ1) is 19.5. The molecule has 0 unspecified atom stereocenters. The van der Waals surface area contributed by atoms with Crippen molar-refractivity contribution >= 4 is 45.6 Å². The van der Waals surface area contributed by atoms with Crippen molar-refractivity contribution in [2.24, 2.45) is 5.92 Å². The lowest BCUT2D eigenvalue weighted by Crippen LogP contribution is -2.28. The van der Waals surface area contributed by atoms with Gasteiger partial charge in [0.05, 0.1) is 5.92 Å². The van der Waals surface area contributed by atoms with Crippen LogP contribution < -0.4 is 10.2 Å². The Morgan fingerprint density at radius 2 is 1.90 bits per heavy atom. The van der Waals surface area contributed by atoms with E-state index >= 15 is 0 Å². The fourth-order valence-corrected chi connectivity index (χ4v) is 4.12. The molecule has 1 aliphatic rings. The molecule has 1 aromatic heterocycles. The van der Waals surface area contributed by atoms with Crippen LogP contribution in [0.5, 0.6) is 0 Å². The van der Waals surface area contributed by atoms with Gasteiger partial charge in [-0.25, -0.2) is 0 Å². The molecule has 0 radical (unpaired) electrons. The number of aromatic nitrogens is 2. The molecule has 1 fully saturated rings. The average Bonchev–Trinajstić information content (AvgIpc) is 3.31. The smallest absolute Gasteiger partial charge is 0.231 e. The van der Waals surface area contributed by atoms with Gasteiger partial charge in [-0.1, -0.05) is 52.8 Å². The van der Waals surface area contributed by atoms with Crippen LogP contribution in [0, 0.1) is 12.8 Å². The zero-order chi connectivity index (χ0) is 20.4. The number of aryl methyl sites for hydroxylation is 1. The molecular formula is C21H19ClN4O2S. The Morgan fingerprint density at radius 1 is 1.17 bits per heavy atom. The maximum absolute atomic E-state index is 12.6. The third kappa shape index (κ3) is 4.63. The molecule has 1 saturated heterocycles. The molecule has 1 N–H and O–H groups in total.